The van der Waals surface area contributed by atoms with Gasteiger partial charge in [-0.3, -0.25) is 4.90 Å². The number of methoxy groups -OCH3 is 1. The Kier molecular flexibility index (Phi) is 3.95. The topological polar surface area (TPSA) is 64.8 Å². The third kappa shape index (κ3) is 2.81. The van der Waals surface area contributed by atoms with Gasteiger partial charge < -0.3 is 15.2 Å². The number of carbonyl (C=O) groups excluding carboxylic acids is 1. The SMILES string of the molecule is COc1cccc(CN2C(=O)OCC2(C)CCN)c1. The normalized spacial score (nSPS) is 22.5. The number of ether oxygens (including phenoxy) is 2. The molecule has 1 unspecified atom stereocenters. The van der Waals surface area contributed by atoms with Crippen LogP contribution in [0, 0.1) is 0 Å². The Morgan fingerprint density at radius 2 is 2.32 bits per heavy atom. The number of benzene rings is 1. The zero-order valence-corrected chi connectivity index (χ0v) is 11.4. The molecule has 1 aliphatic rings. The predicted octanol–water partition coefficient (Wildman–Crippen LogP) is 1.75. The quantitative estimate of drug-likeness (QED) is 0.880. The maximum atomic E-state index is 11.9. The van der Waals surface area contributed by atoms with E-state index in [2.05, 4.69) is 0 Å². The second-order valence-electron chi connectivity index (χ2n) is 5.03. The lowest BCUT2D eigenvalue weighted by Crippen LogP contribution is -2.45. The molecule has 5 nitrogen and oxygen atoms in total. The highest BCUT2D eigenvalue weighted by atomic mass is 16.6. The first kappa shape index (κ1) is 13.7. The largest absolute Gasteiger partial charge is 0.497 e. The van der Waals surface area contributed by atoms with Crippen molar-refractivity contribution in [1.82, 2.24) is 4.90 Å². The lowest BCUT2D eigenvalue weighted by Gasteiger charge is -2.31. The van der Waals surface area contributed by atoms with Crippen molar-refractivity contribution in [3.05, 3.63) is 29.8 Å². The highest BCUT2D eigenvalue weighted by Gasteiger charge is 2.42. The van der Waals surface area contributed by atoms with Crippen molar-refractivity contribution in [2.45, 2.75) is 25.4 Å². The number of hydrogen-bond donors (Lipinski definition) is 1. The summed E-state index contributed by atoms with van der Waals surface area (Å²) < 4.78 is 10.4. The van der Waals surface area contributed by atoms with Crippen LogP contribution in [0.3, 0.4) is 0 Å². The van der Waals surface area contributed by atoms with Gasteiger partial charge in [-0.25, -0.2) is 4.79 Å². The lowest BCUT2D eigenvalue weighted by molar-refractivity contribution is 0.148. The minimum absolute atomic E-state index is 0.279. The van der Waals surface area contributed by atoms with E-state index in [9.17, 15) is 4.79 Å². The Bertz CT molecular complexity index is 464. The van der Waals surface area contributed by atoms with Gasteiger partial charge in [0.25, 0.3) is 0 Å². The van der Waals surface area contributed by atoms with Crippen molar-refractivity contribution in [1.29, 1.82) is 0 Å². The molecule has 0 aliphatic carbocycles. The van der Waals surface area contributed by atoms with Crippen molar-refractivity contribution in [2.75, 3.05) is 20.3 Å². The molecule has 1 atom stereocenters. The van der Waals surface area contributed by atoms with E-state index in [0.717, 1.165) is 17.7 Å². The van der Waals surface area contributed by atoms with E-state index in [1.54, 1.807) is 12.0 Å². The summed E-state index contributed by atoms with van der Waals surface area (Å²) in [5.74, 6) is 0.783. The highest BCUT2D eigenvalue weighted by molar-refractivity contribution is 5.71. The van der Waals surface area contributed by atoms with Crippen molar-refractivity contribution in [3.8, 4) is 5.75 Å². The minimum Gasteiger partial charge on any atom is -0.497 e. The third-order valence-electron chi connectivity index (χ3n) is 3.54. The molecule has 2 rings (SSSR count). The molecule has 1 saturated heterocycles. The average molecular weight is 264 g/mol. The second kappa shape index (κ2) is 5.48. The maximum absolute atomic E-state index is 11.9. The molecule has 1 heterocycles. The summed E-state index contributed by atoms with van der Waals surface area (Å²) in [6.45, 7) is 3.44. The molecular weight excluding hydrogens is 244 g/mol. The van der Waals surface area contributed by atoms with Gasteiger partial charge in [-0.15, -0.1) is 0 Å². The molecule has 5 heteroatoms. The Balaban J connectivity index is 2.17. The van der Waals surface area contributed by atoms with E-state index in [-0.39, 0.29) is 11.6 Å². The number of carbonyl (C=O) groups is 1. The molecule has 0 bridgehead atoms. The molecule has 2 N–H and O–H groups in total. The van der Waals surface area contributed by atoms with E-state index in [1.165, 1.54) is 0 Å². The van der Waals surface area contributed by atoms with Crippen molar-refractivity contribution in [3.63, 3.8) is 0 Å². The number of nitrogens with two attached hydrogens (primary N) is 1. The summed E-state index contributed by atoms with van der Waals surface area (Å²) in [6, 6.07) is 7.69. The number of cyclic esters (lactones) is 1. The van der Waals surface area contributed by atoms with Crippen molar-refractivity contribution < 1.29 is 14.3 Å². The van der Waals surface area contributed by atoms with Gasteiger partial charge in [-0.2, -0.15) is 0 Å². The minimum atomic E-state index is -0.324. The van der Waals surface area contributed by atoms with E-state index in [4.69, 9.17) is 15.2 Å². The maximum Gasteiger partial charge on any atom is 0.410 e. The van der Waals surface area contributed by atoms with Gasteiger partial charge in [0.2, 0.25) is 0 Å². The fraction of sp³-hybridized carbons (Fsp3) is 0.500. The van der Waals surface area contributed by atoms with Crippen molar-refractivity contribution in [2.24, 2.45) is 5.73 Å². The number of hydrogen-bond acceptors (Lipinski definition) is 4. The number of amides is 1. The standard InChI is InChI=1S/C14H20N2O3/c1-14(6-7-15)10-19-13(17)16(14)9-11-4-3-5-12(8-11)18-2/h3-5,8H,6-7,9-10,15H2,1-2H3. The molecule has 0 spiro atoms. The summed E-state index contributed by atoms with van der Waals surface area (Å²) in [7, 11) is 1.63. The van der Waals surface area contributed by atoms with Crippen LogP contribution in [0.2, 0.25) is 0 Å². The molecule has 0 radical (unpaired) electrons. The highest BCUT2D eigenvalue weighted by Crippen LogP contribution is 2.29. The summed E-state index contributed by atoms with van der Waals surface area (Å²) >= 11 is 0. The molecule has 1 amide bonds. The van der Waals surface area contributed by atoms with Crippen LogP contribution >= 0.6 is 0 Å². The number of rotatable bonds is 5. The van der Waals surface area contributed by atoms with Crippen LogP contribution < -0.4 is 10.5 Å². The average Bonchev–Trinajstić information content (AvgIpc) is 2.68. The van der Waals surface area contributed by atoms with Gasteiger partial charge >= 0.3 is 6.09 Å². The Hall–Kier alpha value is -1.75. The van der Waals surface area contributed by atoms with Crippen LogP contribution in [-0.2, 0) is 11.3 Å². The summed E-state index contributed by atoms with van der Waals surface area (Å²) in [4.78, 5) is 13.6. The molecule has 0 saturated carbocycles. The molecule has 0 aromatic heterocycles. The fourth-order valence-electron chi connectivity index (χ4n) is 2.32. The van der Waals surface area contributed by atoms with Gasteiger partial charge in [0, 0.05) is 6.54 Å². The van der Waals surface area contributed by atoms with E-state index in [1.807, 2.05) is 31.2 Å². The van der Waals surface area contributed by atoms with Gasteiger partial charge in [0.05, 0.1) is 12.6 Å². The molecule has 19 heavy (non-hydrogen) atoms. The van der Waals surface area contributed by atoms with Gasteiger partial charge in [-0.1, -0.05) is 12.1 Å². The Morgan fingerprint density at radius 1 is 1.53 bits per heavy atom. The summed E-state index contributed by atoms with van der Waals surface area (Å²) in [6.07, 6.45) is 0.446. The van der Waals surface area contributed by atoms with Gasteiger partial charge in [0.1, 0.15) is 12.4 Å². The van der Waals surface area contributed by atoms with Gasteiger partial charge in [0.15, 0.2) is 0 Å². The van der Waals surface area contributed by atoms with Crippen molar-refractivity contribution >= 4 is 6.09 Å². The van der Waals surface area contributed by atoms with Crippen LogP contribution in [0.5, 0.6) is 5.75 Å². The number of nitrogens with zero attached hydrogens (tertiary/aromatic N) is 1. The summed E-state index contributed by atoms with van der Waals surface area (Å²) in [5.41, 5.74) is 6.32. The first-order valence-electron chi connectivity index (χ1n) is 6.36. The molecular formula is C14H20N2O3. The molecule has 104 valence electrons. The van der Waals surface area contributed by atoms with E-state index < -0.39 is 0 Å². The zero-order chi connectivity index (χ0) is 13.9. The predicted molar refractivity (Wildman–Crippen MR) is 72.0 cm³/mol. The second-order valence-corrected chi connectivity index (χ2v) is 5.03. The molecule has 1 fully saturated rings. The molecule has 1 aromatic rings. The molecule has 1 aliphatic heterocycles. The summed E-state index contributed by atoms with van der Waals surface area (Å²) in [5, 5.41) is 0. The lowest BCUT2D eigenvalue weighted by atomic mass is 9.97. The van der Waals surface area contributed by atoms with Crippen LogP contribution in [0.1, 0.15) is 18.9 Å². The van der Waals surface area contributed by atoms with E-state index >= 15 is 0 Å². The first-order chi connectivity index (χ1) is 9.09. The third-order valence-corrected chi connectivity index (χ3v) is 3.54. The smallest absolute Gasteiger partial charge is 0.410 e. The van der Waals surface area contributed by atoms with Crippen LogP contribution in [0.25, 0.3) is 0 Å². The molecule has 1 aromatic carbocycles. The Morgan fingerprint density at radius 3 is 3.00 bits per heavy atom. The fourth-order valence-corrected chi connectivity index (χ4v) is 2.32. The zero-order valence-electron chi connectivity index (χ0n) is 11.4. The first-order valence-corrected chi connectivity index (χ1v) is 6.36. The Labute approximate surface area is 113 Å². The van der Waals surface area contributed by atoms with Crippen LogP contribution in [0.4, 0.5) is 4.79 Å². The van der Waals surface area contributed by atoms with Gasteiger partial charge in [-0.05, 0) is 37.6 Å². The van der Waals surface area contributed by atoms with Crippen LogP contribution in [-0.4, -0.2) is 36.8 Å². The monoisotopic (exact) mass is 264 g/mol. The van der Waals surface area contributed by atoms with Crippen LogP contribution in [0.15, 0.2) is 24.3 Å². The van der Waals surface area contributed by atoms with E-state index in [0.29, 0.717) is 19.7 Å².